The molecule has 0 amide bonds. The highest BCUT2D eigenvalue weighted by Crippen LogP contribution is 2.10. The van der Waals surface area contributed by atoms with Gasteiger partial charge in [0.15, 0.2) is 0 Å². The van der Waals surface area contributed by atoms with E-state index in [2.05, 4.69) is 22.2 Å². The van der Waals surface area contributed by atoms with Gasteiger partial charge in [0.1, 0.15) is 5.82 Å². The molecule has 3 nitrogen and oxygen atoms in total. The van der Waals surface area contributed by atoms with E-state index in [9.17, 15) is 0 Å². The van der Waals surface area contributed by atoms with Crippen molar-refractivity contribution in [2.75, 3.05) is 6.54 Å². The minimum Gasteiger partial charge on any atom is -0.312 e. The molecular formula is C10H15N3. The van der Waals surface area contributed by atoms with Crippen LogP contribution >= 0.6 is 0 Å². The number of hydrogen-bond donors (Lipinski definition) is 1. The summed E-state index contributed by atoms with van der Waals surface area (Å²) >= 11 is 0. The second-order valence-electron chi connectivity index (χ2n) is 3.43. The summed E-state index contributed by atoms with van der Waals surface area (Å²) in [5.74, 6) is 1.00. The third-order valence-electron chi connectivity index (χ3n) is 2.33. The molecule has 0 aliphatic carbocycles. The van der Waals surface area contributed by atoms with Gasteiger partial charge in [0.05, 0.1) is 0 Å². The van der Waals surface area contributed by atoms with E-state index in [1.807, 2.05) is 6.20 Å². The van der Waals surface area contributed by atoms with E-state index < -0.39 is 0 Å². The molecule has 1 N–H and O–H groups in total. The first kappa shape index (κ1) is 8.63. The molecule has 0 radical (unpaired) electrons. The smallest absolute Gasteiger partial charge is 0.128 e. The average molecular weight is 177 g/mol. The lowest BCUT2D eigenvalue weighted by Gasteiger charge is -2.15. The zero-order valence-corrected chi connectivity index (χ0v) is 8.01. The summed E-state index contributed by atoms with van der Waals surface area (Å²) in [4.78, 5) is 8.88. The van der Waals surface area contributed by atoms with Crippen LogP contribution in [0.3, 0.4) is 0 Å². The number of nitrogens with one attached hydrogen (secondary N) is 1. The van der Waals surface area contributed by atoms with E-state index in [-0.39, 0.29) is 0 Å². The third-order valence-corrected chi connectivity index (χ3v) is 2.33. The molecule has 70 valence electrons. The van der Waals surface area contributed by atoms with Crippen molar-refractivity contribution in [1.82, 2.24) is 15.3 Å². The summed E-state index contributed by atoms with van der Waals surface area (Å²) in [7, 11) is 0. The second kappa shape index (κ2) is 3.83. The van der Waals surface area contributed by atoms with E-state index >= 15 is 0 Å². The van der Waals surface area contributed by atoms with Crippen LogP contribution < -0.4 is 5.32 Å². The zero-order valence-electron chi connectivity index (χ0n) is 8.01. The van der Waals surface area contributed by atoms with Crippen molar-refractivity contribution in [3.8, 4) is 0 Å². The predicted octanol–water partition coefficient (Wildman–Crippen LogP) is 1.07. The predicted molar refractivity (Wildman–Crippen MR) is 51.4 cm³/mol. The number of aryl methyl sites for hydroxylation is 1. The van der Waals surface area contributed by atoms with Crippen LogP contribution in [0.5, 0.6) is 0 Å². The van der Waals surface area contributed by atoms with Gasteiger partial charge < -0.3 is 5.32 Å². The molecule has 13 heavy (non-hydrogen) atoms. The first-order chi connectivity index (χ1) is 6.40. The molecule has 0 saturated carbocycles. The standard InChI is InChI=1S/C10H15N3/c1-2-3-10-12-7-8-6-11-5-4-9(8)13-10/h7,11H,2-6H2,1H3. The maximum atomic E-state index is 4.55. The van der Waals surface area contributed by atoms with Crippen molar-refractivity contribution in [2.45, 2.75) is 32.7 Å². The largest absolute Gasteiger partial charge is 0.312 e. The molecule has 1 aromatic rings. The van der Waals surface area contributed by atoms with Gasteiger partial charge in [-0.2, -0.15) is 0 Å². The molecule has 1 aliphatic heterocycles. The van der Waals surface area contributed by atoms with E-state index in [0.29, 0.717) is 0 Å². The van der Waals surface area contributed by atoms with Crippen molar-refractivity contribution in [1.29, 1.82) is 0 Å². The summed E-state index contributed by atoms with van der Waals surface area (Å²) in [6.07, 6.45) is 5.14. The van der Waals surface area contributed by atoms with Crippen molar-refractivity contribution >= 4 is 0 Å². The molecule has 2 rings (SSSR count). The van der Waals surface area contributed by atoms with Crippen LogP contribution in [0.1, 0.15) is 30.4 Å². The first-order valence-electron chi connectivity index (χ1n) is 4.94. The van der Waals surface area contributed by atoms with Crippen LogP contribution in [0.2, 0.25) is 0 Å². The van der Waals surface area contributed by atoms with Gasteiger partial charge in [-0.15, -0.1) is 0 Å². The molecule has 0 saturated heterocycles. The minimum absolute atomic E-state index is 0.932. The molecule has 0 atom stereocenters. The Morgan fingerprint density at radius 2 is 2.46 bits per heavy atom. The Balaban J connectivity index is 2.24. The normalized spacial score (nSPS) is 15.5. The van der Waals surface area contributed by atoms with E-state index in [1.165, 1.54) is 11.3 Å². The fourth-order valence-electron chi connectivity index (χ4n) is 1.62. The summed E-state index contributed by atoms with van der Waals surface area (Å²) in [6.45, 7) is 4.14. The van der Waals surface area contributed by atoms with Gasteiger partial charge in [0.25, 0.3) is 0 Å². The lowest BCUT2D eigenvalue weighted by atomic mass is 10.1. The zero-order chi connectivity index (χ0) is 9.10. The molecule has 0 unspecified atom stereocenters. The molecule has 1 aromatic heterocycles. The Morgan fingerprint density at radius 1 is 1.54 bits per heavy atom. The Hall–Kier alpha value is -0.960. The second-order valence-corrected chi connectivity index (χ2v) is 3.43. The highest BCUT2D eigenvalue weighted by atomic mass is 14.9. The van der Waals surface area contributed by atoms with Gasteiger partial charge in [-0.3, -0.25) is 0 Å². The van der Waals surface area contributed by atoms with Crippen molar-refractivity contribution in [2.24, 2.45) is 0 Å². The minimum atomic E-state index is 0.932. The third kappa shape index (κ3) is 1.86. The fourth-order valence-corrected chi connectivity index (χ4v) is 1.62. The molecule has 3 heteroatoms. The lowest BCUT2D eigenvalue weighted by molar-refractivity contribution is 0.618. The summed E-state index contributed by atoms with van der Waals surface area (Å²) in [5.41, 5.74) is 2.52. The topological polar surface area (TPSA) is 37.8 Å². The first-order valence-corrected chi connectivity index (χ1v) is 4.94. The van der Waals surface area contributed by atoms with Crippen molar-refractivity contribution in [3.63, 3.8) is 0 Å². The van der Waals surface area contributed by atoms with Gasteiger partial charge in [0.2, 0.25) is 0 Å². The molecule has 0 spiro atoms. The Labute approximate surface area is 78.6 Å². The van der Waals surface area contributed by atoms with Crippen molar-refractivity contribution < 1.29 is 0 Å². The van der Waals surface area contributed by atoms with Crippen LogP contribution in [0, 0.1) is 0 Å². The highest BCUT2D eigenvalue weighted by molar-refractivity contribution is 5.20. The lowest BCUT2D eigenvalue weighted by Crippen LogP contribution is -2.25. The Bertz CT molecular complexity index is 296. The number of rotatable bonds is 2. The van der Waals surface area contributed by atoms with Gasteiger partial charge in [-0.1, -0.05) is 6.92 Å². The van der Waals surface area contributed by atoms with Gasteiger partial charge in [-0.05, 0) is 6.42 Å². The van der Waals surface area contributed by atoms with E-state index in [4.69, 9.17) is 0 Å². The van der Waals surface area contributed by atoms with Gasteiger partial charge >= 0.3 is 0 Å². The summed E-state index contributed by atoms with van der Waals surface area (Å²) in [6, 6.07) is 0. The average Bonchev–Trinajstić information content (AvgIpc) is 2.18. The van der Waals surface area contributed by atoms with Crippen LogP contribution in [-0.2, 0) is 19.4 Å². The molecule has 1 aliphatic rings. The molecule has 0 fully saturated rings. The number of fused-ring (bicyclic) bond motifs is 1. The number of nitrogens with zero attached hydrogens (tertiary/aromatic N) is 2. The molecular weight excluding hydrogens is 162 g/mol. The maximum absolute atomic E-state index is 4.55. The number of hydrogen-bond acceptors (Lipinski definition) is 3. The fraction of sp³-hybridized carbons (Fsp3) is 0.600. The number of aromatic nitrogens is 2. The van der Waals surface area contributed by atoms with Gasteiger partial charge in [-0.25, -0.2) is 9.97 Å². The molecule has 0 aromatic carbocycles. The van der Waals surface area contributed by atoms with Crippen LogP contribution in [0.15, 0.2) is 6.20 Å². The SMILES string of the molecule is CCCc1ncc2c(n1)CCNC2. The summed E-state index contributed by atoms with van der Waals surface area (Å²) < 4.78 is 0. The Kier molecular flexibility index (Phi) is 2.54. The van der Waals surface area contributed by atoms with Crippen molar-refractivity contribution in [3.05, 3.63) is 23.3 Å². The maximum Gasteiger partial charge on any atom is 0.128 e. The molecule has 0 bridgehead atoms. The van der Waals surface area contributed by atoms with Crippen LogP contribution in [0.4, 0.5) is 0 Å². The monoisotopic (exact) mass is 177 g/mol. The van der Waals surface area contributed by atoms with Crippen LogP contribution in [-0.4, -0.2) is 16.5 Å². The highest BCUT2D eigenvalue weighted by Gasteiger charge is 2.10. The van der Waals surface area contributed by atoms with Gasteiger partial charge in [0, 0.05) is 43.4 Å². The van der Waals surface area contributed by atoms with Crippen LogP contribution in [0.25, 0.3) is 0 Å². The van der Waals surface area contributed by atoms with E-state index in [1.54, 1.807) is 0 Å². The Morgan fingerprint density at radius 3 is 3.31 bits per heavy atom. The molecule has 2 heterocycles. The summed E-state index contributed by atoms with van der Waals surface area (Å²) in [5, 5.41) is 3.31. The van der Waals surface area contributed by atoms with E-state index in [0.717, 1.165) is 38.2 Å². The quantitative estimate of drug-likeness (QED) is 0.734.